The molecular weight excluding hydrogens is 347 g/mol. The number of ether oxygens (including phenoxy) is 1. The van der Waals surface area contributed by atoms with Crippen LogP contribution in [0.2, 0.25) is 0 Å². The third kappa shape index (κ3) is 3.91. The van der Waals surface area contributed by atoms with E-state index in [1.807, 2.05) is 6.07 Å². The Kier molecular flexibility index (Phi) is 6.12. The summed E-state index contributed by atoms with van der Waals surface area (Å²) in [5.74, 6) is -6.17. The third-order valence-electron chi connectivity index (χ3n) is 3.76. The summed E-state index contributed by atoms with van der Waals surface area (Å²) in [6, 6.07) is 7.22. The van der Waals surface area contributed by atoms with Crippen LogP contribution in [0.3, 0.4) is 0 Å². The third-order valence-corrected chi connectivity index (χ3v) is 3.76. The number of ketones is 2. The molecule has 2 aromatic rings. The number of hydrogen-bond donors (Lipinski definition) is 0. The molecule has 0 unspecified atom stereocenters. The molecule has 0 aliphatic heterocycles. The Morgan fingerprint density at radius 2 is 1.81 bits per heavy atom. The van der Waals surface area contributed by atoms with Gasteiger partial charge in [-0.15, -0.1) is 0 Å². The highest BCUT2D eigenvalue weighted by atomic mass is 19.2. The number of unbranched alkanes of at least 4 members (excludes halogenated alkanes) is 1. The molecule has 4 nitrogen and oxygen atoms in total. The Balaban J connectivity index is 2.32. The summed E-state index contributed by atoms with van der Waals surface area (Å²) in [6.45, 7) is 0. The molecule has 0 aliphatic rings. The van der Waals surface area contributed by atoms with E-state index in [4.69, 9.17) is 5.26 Å². The number of nitriles is 1. The van der Waals surface area contributed by atoms with Gasteiger partial charge in [0, 0.05) is 12.0 Å². The summed E-state index contributed by atoms with van der Waals surface area (Å²) in [5, 5.41) is 8.52. The normalized spacial score (nSPS) is 10.3. The van der Waals surface area contributed by atoms with Gasteiger partial charge in [0.05, 0.1) is 18.7 Å². The first-order chi connectivity index (χ1) is 12.4. The molecule has 0 radical (unpaired) electrons. The molecule has 0 saturated heterocycles. The van der Waals surface area contributed by atoms with Crippen molar-refractivity contribution in [1.82, 2.24) is 0 Å². The lowest BCUT2D eigenvalue weighted by Gasteiger charge is -2.08. The van der Waals surface area contributed by atoms with Crippen LogP contribution in [0.4, 0.5) is 13.2 Å². The lowest BCUT2D eigenvalue weighted by Crippen LogP contribution is -2.17. The maximum atomic E-state index is 14.0. The molecule has 7 heteroatoms. The fraction of sp³-hybridized carbons (Fsp3) is 0.211. The Hall–Kier alpha value is -3.14. The first-order valence-electron chi connectivity index (χ1n) is 7.67. The molecule has 0 amide bonds. The number of carbonyl (C=O) groups is 2. The second kappa shape index (κ2) is 8.30. The van der Waals surface area contributed by atoms with Crippen LogP contribution < -0.4 is 4.74 Å². The van der Waals surface area contributed by atoms with Crippen LogP contribution in [0, 0.1) is 28.8 Å². The lowest BCUT2D eigenvalue weighted by atomic mass is 9.97. The number of benzene rings is 2. The first-order valence-corrected chi connectivity index (χ1v) is 7.67. The highest BCUT2D eigenvalue weighted by Crippen LogP contribution is 2.24. The highest BCUT2D eigenvalue weighted by molar-refractivity contribution is 6.49. The number of carbonyl (C=O) groups excluding carboxylic acids is 2. The molecule has 134 valence electrons. The summed E-state index contributed by atoms with van der Waals surface area (Å²) < 4.78 is 46.1. The fourth-order valence-electron chi connectivity index (χ4n) is 2.38. The standard InChI is InChI=1S/C19H14F3NO3/c1-26-15-8-6-13(16(21)17(15)22)19(25)18(24)12-5-7-14(20)11(10-12)4-2-3-9-23/h5-8,10H,2-4H2,1H3. The van der Waals surface area contributed by atoms with Gasteiger partial charge in [0.15, 0.2) is 11.6 Å². The average Bonchev–Trinajstić information content (AvgIpc) is 2.64. The van der Waals surface area contributed by atoms with Crippen LogP contribution in [0.25, 0.3) is 0 Å². The average molecular weight is 361 g/mol. The van der Waals surface area contributed by atoms with Gasteiger partial charge < -0.3 is 4.74 Å². The number of hydrogen-bond acceptors (Lipinski definition) is 4. The molecule has 0 bridgehead atoms. The Labute approximate surface area is 147 Å². The molecule has 2 aromatic carbocycles. The van der Waals surface area contributed by atoms with Crippen molar-refractivity contribution >= 4 is 11.6 Å². The topological polar surface area (TPSA) is 67.2 Å². The van der Waals surface area contributed by atoms with E-state index in [0.29, 0.717) is 6.42 Å². The van der Waals surface area contributed by atoms with Crippen molar-refractivity contribution in [2.45, 2.75) is 19.3 Å². The van der Waals surface area contributed by atoms with Crippen LogP contribution in [0.15, 0.2) is 30.3 Å². The minimum absolute atomic E-state index is 0.140. The van der Waals surface area contributed by atoms with Gasteiger partial charge in [0.2, 0.25) is 17.4 Å². The monoisotopic (exact) mass is 361 g/mol. The highest BCUT2D eigenvalue weighted by Gasteiger charge is 2.25. The zero-order valence-electron chi connectivity index (χ0n) is 13.8. The molecule has 2 rings (SSSR count). The number of methoxy groups -OCH3 is 1. The maximum absolute atomic E-state index is 14.0. The Morgan fingerprint density at radius 1 is 1.08 bits per heavy atom. The second-order valence-electron chi connectivity index (χ2n) is 5.42. The van der Waals surface area contributed by atoms with Crippen LogP contribution >= 0.6 is 0 Å². The molecule has 0 saturated carbocycles. The molecule has 26 heavy (non-hydrogen) atoms. The van der Waals surface area contributed by atoms with Gasteiger partial charge in [-0.25, -0.2) is 8.78 Å². The zero-order chi connectivity index (χ0) is 19.3. The van der Waals surface area contributed by atoms with Gasteiger partial charge in [-0.1, -0.05) is 0 Å². The van der Waals surface area contributed by atoms with Gasteiger partial charge >= 0.3 is 0 Å². The van der Waals surface area contributed by atoms with E-state index in [0.717, 1.165) is 31.4 Å². The van der Waals surface area contributed by atoms with E-state index in [1.54, 1.807) is 0 Å². The van der Waals surface area contributed by atoms with Crippen molar-refractivity contribution in [3.05, 3.63) is 64.5 Å². The molecule has 0 heterocycles. The van der Waals surface area contributed by atoms with Crippen LogP contribution in [-0.4, -0.2) is 18.7 Å². The number of halogens is 3. The molecule has 0 fully saturated rings. The Bertz CT molecular complexity index is 904. The number of Topliss-reactive ketones (excluding diaryl/α,β-unsaturated/α-hetero) is 2. The summed E-state index contributed by atoms with van der Waals surface area (Å²) in [7, 11) is 1.14. The SMILES string of the molecule is COc1ccc(C(=O)C(=O)c2ccc(F)c(CCCC#N)c2)c(F)c1F. The Morgan fingerprint density at radius 3 is 2.46 bits per heavy atom. The summed E-state index contributed by atoms with van der Waals surface area (Å²) in [5.41, 5.74) is -0.706. The molecule has 0 N–H and O–H groups in total. The minimum atomic E-state index is -1.49. The number of rotatable bonds is 7. The van der Waals surface area contributed by atoms with Crippen LogP contribution in [0.1, 0.15) is 39.1 Å². The second-order valence-corrected chi connectivity index (χ2v) is 5.42. The smallest absolute Gasteiger partial charge is 0.236 e. The van der Waals surface area contributed by atoms with Crippen molar-refractivity contribution in [2.75, 3.05) is 7.11 Å². The molecule has 0 aromatic heterocycles. The van der Waals surface area contributed by atoms with Gasteiger partial charge in [-0.05, 0) is 48.7 Å². The minimum Gasteiger partial charge on any atom is -0.494 e. The van der Waals surface area contributed by atoms with E-state index >= 15 is 0 Å². The van der Waals surface area contributed by atoms with E-state index < -0.39 is 40.3 Å². The first kappa shape index (κ1) is 19.2. The lowest BCUT2D eigenvalue weighted by molar-refractivity contribution is 0.0813. The molecule has 0 atom stereocenters. The molecule has 0 spiro atoms. The molecular formula is C19H14F3NO3. The fourth-order valence-corrected chi connectivity index (χ4v) is 2.38. The predicted octanol–water partition coefficient (Wildman–Crippen LogP) is 4.02. The number of nitrogens with zero attached hydrogens (tertiary/aromatic N) is 1. The van der Waals surface area contributed by atoms with Gasteiger partial charge in [0.1, 0.15) is 5.82 Å². The predicted molar refractivity (Wildman–Crippen MR) is 86.5 cm³/mol. The van der Waals surface area contributed by atoms with E-state index in [1.165, 1.54) is 6.07 Å². The summed E-state index contributed by atoms with van der Waals surface area (Å²) in [4.78, 5) is 24.6. The van der Waals surface area contributed by atoms with Crippen molar-refractivity contribution in [3.8, 4) is 11.8 Å². The summed E-state index contributed by atoms with van der Waals surface area (Å²) >= 11 is 0. The maximum Gasteiger partial charge on any atom is 0.236 e. The van der Waals surface area contributed by atoms with Crippen LogP contribution in [-0.2, 0) is 6.42 Å². The quantitative estimate of drug-likeness (QED) is 0.424. The van der Waals surface area contributed by atoms with E-state index in [-0.39, 0.29) is 24.0 Å². The summed E-state index contributed by atoms with van der Waals surface area (Å²) in [6.07, 6.45) is 0.810. The van der Waals surface area contributed by atoms with Gasteiger partial charge in [-0.3, -0.25) is 9.59 Å². The van der Waals surface area contributed by atoms with Crippen molar-refractivity contribution in [2.24, 2.45) is 0 Å². The van der Waals surface area contributed by atoms with Crippen molar-refractivity contribution in [3.63, 3.8) is 0 Å². The van der Waals surface area contributed by atoms with Crippen LogP contribution in [0.5, 0.6) is 5.75 Å². The van der Waals surface area contributed by atoms with E-state index in [9.17, 15) is 22.8 Å². The van der Waals surface area contributed by atoms with Crippen molar-refractivity contribution in [1.29, 1.82) is 5.26 Å². The zero-order valence-corrected chi connectivity index (χ0v) is 13.8. The van der Waals surface area contributed by atoms with Gasteiger partial charge in [-0.2, -0.15) is 9.65 Å². The van der Waals surface area contributed by atoms with Crippen molar-refractivity contribution < 1.29 is 27.5 Å². The molecule has 0 aliphatic carbocycles. The largest absolute Gasteiger partial charge is 0.494 e. The van der Waals surface area contributed by atoms with Gasteiger partial charge in [0.25, 0.3) is 0 Å². The number of aryl methyl sites for hydroxylation is 1. The van der Waals surface area contributed by atoms with E-state index in [2.05, 4.69) is 4.74 Å².